The molecule has 2 aromatic heterocycles. The highest BCUT2D eigenvalue weighted by atomic mass is 16.3. The fourth-order valence-corrected chi connectivity index (χ4v) is 2.37. The van der Waals surface area contributed by atoms with Crippen LogP contribution < -0.4 is 5.56 Å². The highest BCUT2D eigenvalue weighted by molar-refractivity contribution is 5.81. The summed E-state index contributed by atoms with van der Waals surface area (Å²) < 4.78 is 1.44. The van der Waals surface area contributed by atoms with Gasteiger partial charge < -0.3 is 5.11 Å². The molecular weight excluding hydrogens is 276 g/mol. The fraction of sp³-hybridized carbons (Fsp3) is 0.111. The van der Waals surface area contributed by atoms with Gasteiger partial charge >= 0.3 is 0 Å². The average molecular weight is 292 g/mol. The Labute approximate surface area is 128 Å². The second-order valence-electron chi connectivity index (χ2n) is 5.28. The van der Waals surface area contributed by atoms with E-state index in [2.05, 4.69) is 4.98 Å². The predicted molar refractivity (Wildman–Crippen MR) is 87.9 cm³/mol. The van der Waals surface area contributed by atoms with Crippen molar-refractivity contribution in [1.29, 1.82) is 0 Å². The molecule has 0 saturated heterocycles. The zero-order valence-electron chi connectivity index (χ0n) is 12.4. The standard InChI is InChI=1S/C18H16N2O2/c1-12-8-9-20-16(10-12)19-17(21)15(18(20)22)11-13(2)14-6-4-3-5-7-14/h3-11,21H,1-2H3/b13-11+. The second-order valence-corrected chi connectivity index (χ2v) is 5.28. The van der Waals surface area contributed by atoms with Gasteiger partial charge in [0.15, 0.2) is 0 Å². The molecule has 2 heterocycles. The number of allylic oxidation sites excluding steroid dienone is 1. The molecule has 0 aliphatic heterocycles. The Bertz CT molecular complexity index is 925. The Morgan fingerprint density at radius 3 is 2.68 bits per heavy atom. The zero-order chi connectivity index (χ0) is 15.7. The Kier molecular flexibility index (Phi) is 3.51. The van der Waals surface area contributed by atoms with Gasteiger partial charge in [-0.2, -0.15) is 4.98 Å². The lowest BCUT2D eigenvalue weighted by Crippen LogP contribution is -2.17. The van der Waals surface area contributed by atoms with E-state index < -0.39 is 0 Å². The van der Waals surface area contributed by atoms with Crippen molar-refractivity contribution in [3.63, 3.8) is 0 Å². The highest BCUT2D eigenvalue weighted by Gasteiger charge is 2.10. The number of benzene rings is 1. The maximum absolute atomic E-state index is 12.5. The van der Waals surface area contributed by atoms with Gasteiger partial charge in [-0.25, -0.2) is 0 Å². The van der Waals surface area contributed by atoms with Gasteiger partial charge in [0.2, 0.25) is 5.88 Å². The van der Waals surface area contributed by atoms with E-state index in [-0.39, 0.29) is 17.0 Å². The minimum absolute atomic E-state index is 0.197. The second kappa shape index (κ2) is 5.48. The lowest BCUT2D eigenvalue weighted by molar-refractivity contribution is 0.451. The van der Waals surface area contributed by atoms with Gasteiger partial charge in [0.05, 0.1) is 0 Å². The van der Waals surface area contributed by atoms with E-state index in [1.807, 2.05) is 50.2 Å². The summed E-state index contributed by atoms with van der Waals surface area (Å²) in [5.74, 6) is -0.245. The van der Waals surface area contributed by atoms with E-state index in [0.717, 1.165) is 16.7 Å². The summed E-state index contributed by atoms with van der Waals surface area (Å²) in [6, 6.07) is 13.3. The van der Waals surface area contributed by atoms with Crippen LogP contribution in [0.3, 0.4) is 0 Å². The lowest BCUT2D eigenvalue weighted by atomic mass is 10.1. The molecule has 4 heteroatoms. The van der Waals surface area contributed by atoms with Crippen LogP contribution in [0.15, 0.2) is 53.5 Å². The SMILES string of the molecule is C/C(=C\c1c(O)nc2cc(C)ccn2c1=O)c1ccccc1. The Balaban J connectivity index is 2.20. The first kappa shape index (κ1) is 14.1. The summed E-state index contributed by atoms with van der Waals surface area (Å²) in [5, 5.41) is 10.1. The average Bonchev–Trinajstić information content (AvgIpc) is 2.51. The van der Waals surface area contributed by atoms with Crippen molar-refractivity contribution in [1.82, 2.24) is 9.38 Å². The van der Waals surface area contributed by atoms with Crippen LogP contribution in [-0.4, -0.2) is 14.5 Å². The van der Waals surface area contributed by atoms with Crippen LogP contribution in [-0.2, 0) is 0 Å². The van der Waals surface area contributed by atoms with E-state index in [1.165, 1.54) is 4.40 Å². The number of aromatic hydroxyl groups is 1. The molecule has 0 radical (unpaired) electrons. The molecule has 0 amide bonds. The van der Waals surface area contributed by atoms with Crippen molar-refractivity contribution in [3.8, 4) is 5.88 Å². The maximum Gasteiger partial charge on any atom is 0.269 e. The minimum atomic E-state index is -0.280. The number of hydrogen-bond acceptors (Lipinski definition) is 3. The van der Waals surface area contributed by atoms with Crippen molar-refractivity contribution >= 4 is 17.3 Å². The van der Waals surface area contributed by atoms with Gasteiger partial charge in [-0.15, -0.1) is 0 Å². The number of nitrogens with zero attached hydrogens (tertiary/aromatic N) is 2. The van der Waals surface area contributed by atoms with Crippen molar-refractivity contribution in [2.45, 2.75) is 13.8 Å². The molecule has 1 aromatic carbocycles. The number of pyridine rings is 1. The smallest absolute Gasteiger partial charge is 0.269 e. The van der Waals surface area contributed by atoms with Crippen LogP contribution in [0.2, 0.25) is 0 Å². The summed E-state index contributed by atoms with van der Waals surface area (Å²) in [5.41, 5.74) is 3.23. The van der Waals surface area contributed by atoms with Gasteiger partial charge in [-0.05, 0) is 48.8 Å². The van der Waals surface area contributed by atoms with Crippen LogP contribution in [0, 0.1) is 6.92 Å². The van der Waals surface area contributed by atoms with E-state index in [0.29, 0.717) is 5.65 Å². The van der Waals surface area contributed by atoms with E-state index in [1.54, 1.807) is 18.3 Å². The van der Waals surface area contributed by atoms with E-state index in [9.17, 15) is 9.90 Å². The van der Waals surface area contributed by atoms with E-state index in [4.69, 9.17) is 0 Å². The Morgan fingerprint density at radius 1 is 1.23 bits per heavy atom. The molecule has 0 aliphatic carbocycles. The molecule has 0 fully saturated rings. The number of aromatic nitrogens is 2. The minimum Gasteiger partial charge on any atom is -0.493 e. The summed E-state index contributed by atoms with van der Waals surface area (Å²) in [7, 11) is 0. The summed E-state index contributed by atoms with van der Waals surface area (Å²) in [4.78, 5) is 16.7. The highest BCUT2D eigenvalue weighted by Crippen LogP contribution is 2.20. The van der Waals surface area contributed by atoms with Crippen LogP contribution in [0.25, 0.3) is 17.3 Å². The van der Waals surface area contributed by atoms with Crippen LogP contribution in [0.5, 0.6) is 5.88 Å². The zero-order valence-corrected chi connectivity index (χ0v) is 12.4. The van der Waals surface area contributed by atoms with Crippen LogP contribution in [0.1, 0.15) is 23.6 Å². The van der Waals surface area contributed by atoms with Crippen LogP contribution >= 0.6 is 0 Å². The number of fused-ring (bicyclic) bond motifs is 1. The molecule has 0 spiro atoms. The number of rotatable bonds is 2. The topological polar surface area (TPSA) is 54.6 Å². The molecule has 3 aromatic rings. The van der Waals surface area contributed by atoms with Crippen molar-refractivity contribution in [2.24, 2.45) is 0 Å². The first-order chi connectivity index (χ1) is 10.6. The maximum atomic E-state index is 12.5. The van der Waals surface area contributed by atoms with Crippen LogP contribution in [0.4, 0.5) is 0 Å². The van der Waals surface area contributed by atoms with Crippen molar-refractivity contribution in [3.05, 3.63) is 75.7 Å². The van der Waals surface area contributed by atoms with Gasteiger partial charge in [-0.3, -0.25) is 9.20 Å². The summed E-state index contributed by atoms with van der Waals surface area (Å²) >= 11 is 0. The third-order valence-electron chi connectivity index (χ3n) is 3.59. The Hall–Kier alpha value is -2.88. The molecule has 3 rings (SSSR count). The largest absolute Gasteiger partial charge is 0.493 e. The van der Waals surface area contributed by atoms with Crippen molar-refractivity contribution in [2.75, 3.05) is 0 Å². The first-order valence-electron chi connectivity index (χ1n) is 7.02. The van der Waals surface area contributed by atoms with Gasteiger partial charge in [-0.1, -0.05) is 30.3 Å². The summed E-state index contributed by atoms with van der Waals surface area (Å²) in [6.45, 7) is 3.81. The number of aryl methyl sites for hydroxylation is 1. The molecule has 0 saturated carbocycles. The molecular formula is C18H16N2O2. The normalized spacial score (nSPS) is 11.8. The molecule has 110 valence electrons. The monoisotopic (exact) mass is 292 g/mol. The van der Waals surface area contributed by atoms with Crippen molar-refractivity contribution < 1.29 is 5.11 Å². The quantitative estimate of drug-likeness (QED) is 0.788. The summed E-state index contributed by atoms with van der Waals surface area (Å²) in [6.07, 6.45) is 3.35. The number of hydrogen-bond donors (Lipinski definition) is 1. The third kappa shape index (κ3) is 2.51. The van der Waals surface area contributed by atoms with E-state index >= 15 is 0 Å². The molecule has 1 N–H and O–H groups in total. The molecule has 0 unspecified atom stereocenters. The predicted octanol–water partition coefficient (Wildman–Crippen LogP) is 3.27. The van der Waals surface area contributed by atoms with Gasteiger partial charge in [0, 0.05) is 6.20 Å². The molecule has 0 bridgehead atoms. The molecule has 0 aliphatic rings. The first-order valence-corrected chi connectivity index (χ1v) is 7.02. The lowest BCUT2D eigenvalue weighted by Gasteiger charge is -2.06. The fourth-order valence-electron chi connectivity index (χ4n) is 2.37. The molecule has 4 nitrogen and oxygen atoms in total. The molecule has 22 heavy (non-hydrogen) atoms. The third-order valence-corrected chi connectivity index (χ3v) is 3.59. The van der Waals surface area contributed by atoms with Gasteiger partial charge in [0.25, 0.3) is 5.56 Å². The van der Waals surface area contributed by atoms with Gasteiger partial charge in [0.1, 0.15) is 11.2 Å². The molecule has 0 atom stereocenters. The Morgan fingerprint density at radius 2 is 1.95 bits per heavy atom.